The summed E-state index contributed by atoms with van der Waals surface area (Å²) in [7, 11) is 2.11. The highest BCUT2D eigenvalue weighted by Gasteiger charge is 2.16. The van der Waals surface area contributed by atoms with E-state index in [1.165, 1.54) is 32.7 Å². The topological polar surface area (TPSA) is 90.0 Å². The first-order chi connectivity index (χ1) is 8.88. The summed E-state index contributed by atoms with van der Waals surface area (Å²) >= 11 is 0. The van der Waals surface area contributed by atoms with Crippen molar-refractivity contribution in [2.24, 2.45) is 5.73 Å². The predicted molar refractivity (Wildman–Crippen MR) is 75.3 cm³/mol. The summed E-state index contributed by atoms with van der Waals surface area (Å²) in [6.45, 7) is 5.86. The van der Waals surface area contributed by atoms with Crippen LogP contribution in [0, 0.1) is 0 Å². The molecule has 2 atom stereocenters. The van der Waals surface area contributed by atoms with Gasteiger partial charge in [-0.25, -0.2) is 0 Å². The van der Waals surface area contributed by atoms with Crippen LogP contribution in [0.2, 0.25) is 0 Å². The van der Waals surface area contributed by atoms with Gasteiger partial charge in [0.25, 0.3) is 0 Å². The fraction of sp³-hybridized carbons (Fsp3) is 0.769. The SMILES string of the molecule is CCCCCN1C=CN(C)C1.C[C@@H](O)[C@H](N)C(=O)O. The van der Waals surface area contributed by atoms with Crippen molar-refractivity contribution >= 4 is 5.97 Å². The van der Waals surface area contributed by atoms with Crippen molar-refractivity contribution in [3.8, 4) is 0 Å². The third kappa shape index (κ3) is 8.45. The number of nitrogens with two attached hydrogens (primary N) is 1. The number of nitrogens with zero attached hydrogens (tertiary/aromatic N) is 2. The number of hydrogen-bond donors (Lipinski definition) is 3. The average Bonchev–Trinajstić information content (AvgIpc) is 2.75. The Bertz CT molecular complexity index is 282. The van der Waals surface area contributed by atoms with Crippen molar-refractivity contribution in [2.45, 2.75) is 45.3 Å². The van der Waals surface area contributed by atoms with Crippen LogP contribution in [0.1, 0.15) is 33.1 Å². The molecule has 112 valence electrons. The molecule has 0 spiro atoms. The van der Waals surface area contributed by atoms with Gasteiger partial charge in [0, 0.05) is 26.0 Å². The fourth-order valence-electron chi connectivity index (χ4n) is 1.51. The molecule has 0 bridgehead atoms. The van der Waals surface area contributed by atoms with E-state index in [0.717, 1.165) is 6.67 Å². The summed E-state index contributed by atoms with van der Waals surface area (Å²) in [5.74, 6) is -1.18. The lowest BCUT2D eigenvalue weighted by atomic mass is 10.2. The van der Waals surface area contributed by atoms with Crippen molar-refractivity contribution in [3.63, 3.8) is 0 Å². The zero-order valence-corrected chi connectivity index (χ0v) is 12.1. The molecule has 0 unspecified atom stereocenters. The maximum absolute atomic E-state index is 9.86. The van der Waals surface area contributed by atoms with Gasteiger partial charge in [0.2, 0.25) is 0 Å². The van der Waals surface area contributed by atoms with Gasteiger partial charge in [-0.2, -0.15) is 0 Å². The van der Waals surface area contributed by atoms with E-state index in [0.29, 0.717) is 0 Å². The summed E-state index contributed by atoms with van der Waals surface area (Å²) in [6, 6.07) is -1.16. The third-order valence-corrected chi connectivity index (χ3v) is 2.79. The van der Waals surface area contributed by atoms with Gasteiger partial charge in [0.05, 0.1) is 12.8 Å². The Balaban J connectivity index is 0.000000362. The first-order valence-corrected chi connectivity index (χ1v) is 6.67. The van der Waals surface area contributed by atoms with Gasteiger partial charge in [-0.3, -0.25) is 4.79 Å². The lowest BCUT2D eigenvalue weighted by Gasteiger charge is -2.17. The Hall–Kier alpha value is -1.27. The van der Waals surface area contributed by atoms with Crippen LogP contribution in [0.5, 0.6) is 0 Å². The van der Waals surface area contributed by atoms with E-state index in [9.17, 15) is 4.79 Å². The minimum absolute atomic E-state index is 0.979. The van der Waals surface area contributed by atoms with Crippen LogP contribution in [0.4, 0.5) is 0 Å². The van der Waals surface area contributed by atoms with Crippen molar-refractivity contribution in [1.82, 2.24) is 9.80 Å². The number of carbonyl (C=O) groups is 1. The molecule has 1 rings (SSSR count). The highest BCUT2D eigenvalue weighted by Crippen LogP contribution is 2.05. The molecule has 0 radical (unpaired) electrons. The molecular weight excluding hydrogens is 246 g/mol. The van der Waals surface area contributed by atoms with E-state index in [4.69, 9.17) is 15.9 Å². The molecule has 1 heterocycles. The van der Waals surface area contributed by atoms with E-state index in [-0.39, 0.29) is 0 Å². The van der Waals surface area contributed by atoms with Gasteiger partial charge < -0.3 is 25.7 Å². The summed E-state index contributed by atoms with van der Waals surface area (Å²) in [6.07, 6.45) is 7.32. The molecule has 0 aromatic carbocycles. The number of unbranched alkanes of at least 4 members (excludes halogenated alkanes) is 2. The Labute approximate surface area is 115 Å². The third-order valence-electron chi connectivity index (χ3n) is 2.79. The predicted octanol–water partition coefficient (Wildman–Crippen LogP) is 0.632. The molecule has 0 saturated heterocycles. The van der Waals surface area contributed by atoms with E-state index in [1.54, 1.807) is 0 Å². The van der Waals surface area contributed by atoms with E-state index < -0.39 is 18.1 Å². The second-order valence-electron chi connectivity index (χ2n) is 4.82. The fourth-order valence-corrected chi connectivity index (χ4v) is 1.51. The van der Waals surface area contributed by atoms with Crippen molar-refractivity contribution < 1.29 is 15.0 Å². The number of aliphatic hydroxyl groups excluding tert-OH is 1. The number of hydrogen-bond acceptors (Lipinski definition) is 5. The summed E-state index contributed by atoms with van der Waals surface area (Å²) in [5, 5.41) is 16.6. The molecule has 0 aliphatic carbocycles. The van der Waals surface area contributed by atoms with Crippen LogP contribution in [0.25, 0.3) is 0 Å². The van der Waals surface area contributed by atoms with Crippen LogP contribution in [-0.4, -0.2) is 58.4 Å². The second kappa shape index (κ2) is 9.63. The summed E-state index contributed by atoms with van der Waals surface area (Å²) in [5.41, 5.74) is 4.91. The molecule has 1 aliphatic rings. The van der Waals surface area contributed by atoms with Crippen LogP contribution in [0.3, 0.4) is 0 Å². The number of carboxylic acids is 1. The van der Waals surface area contributed by atoms with Gasteiger partial charge in [-0.15, -0.1) is 0 Å². The van der Waals surface area contributed by atoms with Gasteiger partial charge in [-0.1, -0.05) is 19.8 Å². The molecule has 0 aromatic heterocycles. The van der Waals surface area contributed by atoms with E-state index in [2.05, 4.69) is 36.2 Å². The Morgan fingerprint density at radius 3 is 2.37 bits per heavy atom. The lowest BCUT2D eigenvalue weighted by molar-refractivity contribution is -0.140. The van der Waals surface area contributed by atoms with Crippen molar-refractivity contribution in [3.05, 3.63) is 12.4 Å². The monoisotopic (exact) mass is 273 g/mol. The summed E-state index contributed by atoms with van der Waals surface area (Å²) < 4.78 is 0. The number of aliphatic hydroxyl groups is 1. The highest BCUT2D eigenvalue weighted by molar-refractivity contribution is 5.73. The molecule has 6 nitrogen and oxygen atoms in total. The smallest absolute Gasteiger partial charge is 0.323 e. The zero-order valence-electron chi connectivity index (χ0n) is 12.1. The first-order valence-electron chi connectivity index (χ1n) is 6.67. The number of carboxylic acid groups (broad SMARTS) is 1. The standard InChI is InChI=1S/C9H18N2.C4H9NO3/c1-3-4-5-6-11-8-7-10(2)9-11;1-2(6)3(5)4(7)8/h7-8H,3-6,9H2,1-2H3;2-3,6H,5H2,1H3,(H,7,8)/t;2-,3+/m.1/s1. The molecule has 0 aromatic rings. The summed E-state index contributed by atoms with van der Waals surface area (Å²) in [4.78, 5) is 14.4. The molecular formula is C13H27N3O3. The second-order valence-corrected chi connectivity index (χ2v) is 4.82. The van der Waals surface area contributed by atoms with Gasteiger partial charge in [0.1, 0.15) is 6.04 Å². The maximum atomic E-state index is 9.86. The maximum Gasteiger partial charge on any atom is 0.323 e. The number of rotatable bonds is 6. The average molecular weight is 273 g/mol. The molecule has 4 N–H and O–H groups in total. The van der Waals surface area contributed by atoms with Gasteiger partial charge >= 0.3 is 5.97 Å². The molecule has 19 heavy (non-hydrogen) atoms. The number of aliphatic carboxylic acids is 1. The minimum atomic E-state index is -1.18. The highest BCUT2D eigenvalue weighted by atomic mass is 16.4. The Kier molecular flexibility index (Phi) is 8.99. The lowest BCUT2D eigenvalue weighted by Crippen LogP contribution is -2.39. The van der Waals surface area contributed by atoms with Gasteiger partial charge in [0.15, 0.2) is 0 Å². The van der Waals surface area contributed by atoms with Crippen LogP contribution in [0.15, 0.2) is 12.4 Å². The Morgan fingerprint density at radius 1 is 1.42 bits per heavy atom. The Morgan fingerprint density at radius 2 is 2.05 bits per heavy atom. The van der Waals surface area contributed by atoms with E-state index in [1.807, 2.05) is 0 Å². The van der Waals surface area contributed by atoms with Crippen LogP contribution < -0.4 is 5.73 Å². The van der Waals surface area contributed by atoms with Crippen molar-refractivity contribution in [1.29, 1.82) is 0 Å². The normalized spacial score (nSPS) is 16.9. The molecule has 0 fully saturated rings. The van der Waals surface area contributed by atoms with E-state index >= 15 is 0 Å². The van der Waals surface area contributed by atoms with Gasteiger partial charge in [-0.05, 0) is 13.3 Å². The molecule has 1 aliphatic heterocycles. The quantitative estimate of drug-likeness (QED) is 0.615. The van der Waals surface area contributed by atoms with Crippen LogP contribution in [-0.2, 0) is 4.79 Å². The molecule has 0 amide bonds. The minimum Gasteiger partial charge on any atom is -0.480 e. The molecule has 6 heteroatoms. The largest absolute Gasteiger partial charge is 0.480 e. The van der Waals surface area contributed by atoms with Crippen molar-refractivity contribution in [2.75, 3.05) is 20.3 Å². The zero-order chi connectivity index (χ0) is 14.8. The van der Waals surface area contributed by atoms with Crippen LogP contribution >= 0.6 is 0 Å². The molecule has 0 saturated carbocycles. The first kappa shape index (κ1) is 17.7.